The highest BCUT2D eigenvalue weighted by Gasteiger charge is 2.30. The molecule has 0 saturated carbocycles. The molecule has 0 aromatic heterocycles. The number of carbonyl (C=O) groups is 1. The third-order valence-corrected chi connectivity index (χ3v) is 5.97. The van der Waals surface area contributed by atoms with E-state index in [9.17, 15) is 26.4 Å². The van der Waals surface area contributed by atoms with Gasteiger partial charge in [-0.3, -0.25) is 4.79 Å². The van der Waals surface area contributed by atoms with E-state index in [0.717, 1.165) is 12.1 Å². The molecule has 1 N–H and O–H groups in total. The fraction of sp³-hybridized carbons (Fsp3) is 0.381. The number of nitrogens with zero attached hydrogens (tertiary/aromatic N) is 1. The maximum absolute atomic E-state index is 12.9. The van der Waals surface area contributed by atoms with Crippen LogP contribution in [0.3, 0.4) is 0 Å². The van der Waals surface area contributed by atoms with Crippen LogP contribution in [-0.2, 0) is 22.7 Å². The van der Waals surface area contributed by atoms with Crippen LogP contribution in [0.2, 0.25) is 0 Å². The first kappa shape index (κ1) is 23.9. The Morgan fingerprint density at radius 2 is 1.70 bits per heavy atom. The zero-order valence-electron chi connectivity index (χ0n) is 17.5. The van der Waals surface area contributed by atoms with Crippen molar-refractivity contribution in [1.29, 1.82) is 0 Å². The molecule has 0 atom stereocenters. The van der Waals surface area contributed by atoms with Gasteiger partial charge in [-0.2, -0.15) is 13.2 Å². The summed E-state index contributed by atoms with van der Waals surface area (Å²) in [7, 11) is -2.39. The maximum Gasteiger partial charge on any atom is 0.416 e. The summed E-state index contributed by atoms with van der Waals surface area (Å²) in [6, 6.07) is 8.97. The van der Waals surface area contributed by atoms with Crippen LogP contribution in [-0.4, -0.2) is 31.8 Å². The summed E-state index contributed by atoms with van der Waals surface area (Å²) >= 11 is 0. The van der Waals surface area contributed by atoms with Gasteiger partial charge in [-0.15, -0.1) is 0 Å². The molecule has 0 aliphatic carbocycles. The van der Waals surface area contributed by atoms with Gasteiger partial charge in [0.2, 0.25) is 10.0 Å². The number of hydrogen-bond acceptors (Lipinski definition) is 3. The number of benzene rings is 2. The van der Waals surface area contributed by atoms with Gasteiger partial charge in [0.1, 0.15) is 0 Å². The van der Waals surface area contributed by atoms with Crippen LogP contribution in [0.25, 0.3) is 0 Å². The SMILES string of the molecule is Cc1ccc(S(=O)(=O)NC(C)(C)C)cc1C(=O)N(C)Cc1cccc(C(F)(F)F)c1. The molecule has 0 saturated heterocycles. The van der Waals surface area contributed by atoms with Crippen molar-refractivity contribution in [2.75, 3.05) is 7.05 Å². The summed E-state index contributed by atoms with van der Waals surface area (Å²) in [5.74, 6) is -0.488. The molecule has 0 unspecified atom stereocenters. The van der Waals surface area contributed by atoms with Crippen LogP contribution < -0.4 is 4.72 Å². The van der Waals surface area contributed by atoms with E-state index in [1.165, 1.54) is 42.3 Å². The highest BCUT2D eigenvalue weighted by atomic mass is 32.2. The first-order valence-corrected chi connectivity index (χ1v) is 10.6. The molecular weight excluding hydrogens is 417 g/mol. The van der Waals surface area contributed by atoms with Crippen LogP contribution in [0.4, 0.5) is 13.2 Å². The molecule has 0 radical (unpaired) electrons. The van der Waals surface area contributed by atoms with Crippen LogP contribution >= 0.6 is 0 Å². The lowest BCUT2D eigenvalue weighted by Gasteiger charge is -2.22. The summed E-state index contributed by atoms with van der Waals surface area (Å²) in [5, 5.41) is 0. The highest BCUT2D eigenvalue weighted by Crippen LogP contribution is 2.30. The third kappa shape index (κ3) is 6.06. The number of carbonyl (C=O) groups excluding carboxylic acids is 1. The fourth-order valence-electron chi connectivity index (χ4n) is 2.86. The molecule has 0 heterocycles. The maximum atomic E-state index is 12.9. The molecular formula is C21H25F3N2O3S. The standard InChI is InChI=1S/C21H25F3N2O3S/c1-14-9-10-17(30(28,29)25-20(2,3)4)12-18(14)19(27)26(5)13-15-7-6-8-16(11-15)21(22,23)24/h6-12,25H,13H2,1-5H3. The van der Waals surface area contributed by atoms with Gasteiger partial charge in [-0.05, 0) is 63.1 Å². The van der Waals surface area contributed by atoms with E-state index in [1.807, 2.05) is 0 Å². The molecule has 0 aliphatic heterocycles. The number of halogens is 3. The molecule has 2 aromatic rings. The average Bonchev–Trinajstić information content (AvgIpc) is 2.58. The molecule has 0 fully saturated rings. The lowest BCUT2D eigenvalue weighted by molar-refractivity contribution is -0.137. The Morgan fingerprint density at radius 3 is 2.27 bits per heavy atom. The van der Waals surface area contributed by atoms with Gasteiger partial charge >= 0.3 is 6.18 Å². The van der Waals surface area contributed by atoms with E-state index in [1.54, 1.807) is 27.7 Å². The van der Waals surface area contributed by atoms with Crippen molar-refractivity contribution in [3.8, 4) is 0 Å². The Balaban J connectivity index is 2.30. The van der Waals surface area contributed by atoms with Gasteiger partial charge in [0.05, 0.1) is 10.5 Å². The number of alkyl halides is 3. The minimum atomic E-state index is -4.47. The predicted molar refractivity (Wildman–Crippen MR) is 108 cm³/mol. The molecule has 0 spiro atoms. The molecule has 0 bridgehead atoms. The van der Waals surface area contributed by atoms with Crippen LogP contribution in [0, 0.1) is 6.92 Å². The molecule has 2 rings (SSSR count). The topological polar surface area (TPSA) is 66.5 Å². The number of hydrogen-bond donors (Lipinski definition) is 1. The summed E-state index contributed by atoms with van der Waals surface area (Å²) in [5.41, 5.74) is -0.449. The molecule has 9 heteroatoms. The van der Waals surface area contributed by atoms with Crippen molar-refractivity contribution < 1.29 is 26.4 Å². The van der Waals surface area contributed by atoms with E-state index in [-0.39, 0.29) is 17.0 Å². The number of sulfonamides is 1. The highest BCUT2D eigenvalue weighted by molar-refractivity contribution is 7.89. The number of nitrogens with one attached hydrogen (secondary N) is 1. The lowest BCUT2D eigenvalue weighted by atomic mass is 10.1. The smallest absolute Gasteiger partial charge is 0.337 e. The number of aryl methyl sites for hydroxylation is 1. The minimum Gasteiger partial charge on any atom is -0.337 e. The zero-order chi connectivity index (χ0) is 22.9. The first-order valence-electron chi connectivity index (χ1n) is 9.16. The van der Waals surface area contributed by atoms with Crippen molar-refractivity contribution >= 4 is 15.9 Å². The quantitative estimate of drug-likeness (QED) is 0.748. The second kappa shape index (κ2) is 8.39. The Hall–Kier alpha value is -2.39. The van der Waals surface area contributed by atoms with Crippen molar-refractivity contribution in [1.82, 2.24) is 9.62 Å². The molecule has 164 valence electrons. The Labute approximate surface area is 175 Å². The van der Waals surface area contributed by atoms with Crippen molar-refractivity contribution in [2.24, 2.45) is 0 Å². The predicted octanol–water partition coefficient (Wildman–Crippen LogP) is 4.36. The molecule has 5 nitrogen and oxygen atoms in total. The second-order valence-electron chi connectivity index (χ2n) is 8.19. The van der Waals surface area contributed by atoms with E-state index in [0.29, 0.717) is 11.1 Å². The largest absolute Gasteiger partial charge is 0.416 e. The Morgan fingerprint density at radius 1 is 1.07 bits per heavy atom. The van der Waals surface area contributed by atoms with Crippen LogP contribution in [0.1, 0.15) is 47.8 Å². The summed E-state index contributed by atoms with van der Waals surface area (Å²) in [6.07, 6.45) is -4.47. The van der Waals surface area contributed by atoms with Crippen LogP contribution in [0.15, 0.2) is 47.4 Å². The normalized spacial score (nSPS) is 12.7. The molecule has 30 heavy (non-hydrogen) atoms. The molecule has 2 aromatic carbocycles. The van der Waals surface area contributed by atoms with Crippen molar-refractivity contribution in [3.05, 3.63) is 64.7 Å². The summed E-state index contributed by atoms with van der Waals surface area (Å²) in [6.45, 7) is 6.72. The minimum absolute atomic E-state index is 0.0561. The Bertz CT molecular complexity index is 1040. The Kier molecular flexibility index (Phi) is 6.68. The first-order chi connectivity index (χ1) is 13.6. The van der Waals surface area contributed by atoms with Crippen LogP contribution in [0.5, 0.6) is 0 Å². The van der Waals surface area contributed by atoms with E-state index in [2.05, 4.69) is 4.72 Å². The monoisotopic (exact) mass is 442 g/mol. The van der Waals surface area contributed by atoms with Gasteiger partial charge in [0, 0.05) is 24.7 Å². The molecule has 0 aliphatic rings. The van der Waals surface area contributed by atoms with Gasteiger partial charge in [0.15, 0.2) is 0 Å². The summed E-state index contributed by atoms with van der Waals surface area (Å²) in [4.78, 5) is 14.1. The number of rotatable bonds is 5. The lowest BCUT2D eigenvalue weighted by Crippen LogP contribution is -2.40. The fourth-order valence-corrected chi connectivity index (χ4v) is 4.30. The van der Waals surface area contributed by atoms with E-state index in [4.69, 9.17) is 0 Å². The average molecular weight is 443 g/mol. The van der Waals surface area contributed by atoms with Gasteiger partial charge < -0.3 is 4.90 Å². The zero-order valence-corrected chi connectivity index (χ0v) is 18.3. The third-order valence-electron chi connectivity index (χ3n) is 4.21. The number of amides is 1. The van der Waals surface area contributed by atoms with E-state index < -0.39 is 33.2 Å². The van der Waals surface area contributed by atoms with Crippen molar-refractivity contribution in [2.45, 2.75) is 50.9 Å². The summed E-state index contributed by atoms with van der Waals surface area (Å²) < 4.78 is 66.4. The second-order valence-corrected chi connectivity index (χ2v) is 9.87. The molecule has 1 amide bonds. The van der Waals surface area contributed by atoms with Gasteiger partial charge in [-0.25, -0.2) is 13.1 Å². The van der Waals surface area contributed by atoms with E-state index >= 15 is 0 Å². The van der Waals surface area contributed by atoms with Gasteiger partial charge in [0.25, 0.3) is 5.91 Å². The van der Waals surface area contributed by atoms with Crippen molar-refractivity contribution in [3.63, 3.8) is 0 Å². The van der Waals surface area contributed by atoms with Gasteiger partial charge in [-0.1, -0.05) is 18.2 Å².